The van der Waals surface area contributed by atoms with Gasteiger partial charge in [0.15, 0.2) is 5.69 Å². The van der Waals surface area contributed by atoms with E-state index < -0.39 is 0 Å². The maximum absolute atomic E-state index is 12.1. The summed E-state index contributed by atoms with van der Waals surface area (Å²) in [7, 11) is 0. The molecule has 0 aliphatic rings. The molecule has 0 atom stereocenters. The number of aromatic nitrogens is 1. The molecule has 0 bridgehead atoms. The smallest absolute Gasteiger partial charge is 0.273 e. The molecule has 2 aromatic rings. The molecular weight excluding hydrogens is 264 g/mol. The summed E-state index contributed by atoms with van der Waals surface area (Å²) in [5, 5.41) is 2.89. The van der Waals surface area contributed by atoms with Gasteiger partial charge in [-0.3, -0.25) is 4.79 Å². The van der Waals surface area contributed by atoms with Gasteiger partial charge in [-0.15, -0.1) is 0 Å². The summed E-state index contributed by atoms with van der Waals surface area (Å²) in [6.45, 7) is 8.68. The fourth-order valence-corrected chi connectivity index (χ4v) is 2.09. The second-order valence-corrected chi connectivity index (χ2v) is 5.68. The van der Waals surface area contributed by atoms with Crippen LogP contribution in [0.2, 0.25) is 0 Å². The second kappa shape index (κ2) is 6.57. The van der Waals surface area contributed by atoms with Crippen LogP contribution in [0.4, 0.5) is 0 Å². The average molecular weight is 286 g/mol. The topological polar surface area (TPSA) is 55.1 Å². The molecule has 112 valence electrons. The summed E-state index contributed by atoms with van der Waals surface area (Å²) >= 11 is 0. The number of aryl methyl sites for hydroxylation is 2. The van der Waals surface area contributed by atoms with Crippen LogP contribution in [-0.2, 0) is 0 Å². The molecule has 4 heteroatoms. The van der Waals surface area contributed by atoms with Crippen LogP contribution in [-0.4, -0.2) is 17.4 Å². The maximum atomic E-state index is 12.1. The Morgan fingerprint density at radius 3 is 2.67 bits per heavy atom. The number of benzene rings is 1. The highest BCUT2D eigenvalue weighted by atomic mass is 16.4. The molecule has 1 aromatic carbocycles. The first-order valence-corrected chi connectivity index (χ1v) is 7.30. The van der Waals surface area contributed by atoms with Crippen LogP contribution in [0.3, 0.4) is 0 Å². The number of hydrogen-bond acceptors (Lipinski definition) is 3. The van der Waals surface area contributed by atoms with Gasteiger partial charge in [-0.05, 0) is 37.8 Å². The van der Waals surface area contributed by atoms with Crippen LogP contribution in [0.15, 0.2) is 28.7 Å². The Bertz CT molecular complexity index is 629. The molecule has 0 unspecified atom stereocenters. The van der Waals surface area contributed by atoms with Crippen LogP contribution >= 0.6 is 0 Å². The molecule has 0 aliphatic heterocycles. The van der Waals surface area contributed by atoms with E-state index in [1.54, 1.807) is 6.92 Å². The molecule has 0 fully saturated rings. The van der Waals surface area contributed by atoms with E-state index in [-0.39, 0.29) is 5.91 Å². The first kappa shape index (κ1) is 15.3. The quantitative estimate of drug-likeness (QED) is 0.911. The molecule has 21 heavy (non-hydrogen) atoms. The maximum Gasteiger partial charge on any atom is 0.273 e. The fourth-order valence-electron chi connectivity index (χ4n) is 2.09. The van der Waals surface area contributed by atoms with E-state index in [2.05, 4.69) is 24.1 Å². The molecule has 0 saturated heterocycles. The minimum Gasteiger partial charge on any atom is -0.441 e. The molecule has 0 aliphatic carbocycles. The molecule has 4 nitrogen and oxygen atoms in total. The van der Waals surface area contributed by atoms with Gasteiger partial charge in [0.05, 0.1) is 0 Å². The summed E-state index contributed by atoms with van der Waals surface area (Å²) in [4.78, 5) is 16.5. The van der Waals surface area contributed by atoms with Crippen molar-refractivity contribution in [1.29, 1.82) is 0 Å². The predicted molar refractivity (Wildman–Crippen MR) is 83.2 cm³/mol. The number of nitrogens with zero attached hydrogens (tertiary/aromatic N) is 1. The third-order valence-electron chi connectivity index (χ3n) is 3.39. The molecule has 0 radical (unpaired) electrons. The van der Waals surface area contributed by atoms with E-state index in [1.807, 2.05) is 31.2 Å². The van der Waals surface area contributed by atoms with E-state index in [0.717, 1.165) is 17.5 Å². The average Bonchev–Trinajstić information content (AvgIpc) is 2.80. The lowest BCUT2D eigenvalue weighted by molar-refractivity contribution is 0.0946. The van der Waals surface area contributed by atoms with Crippen molar-refractivity contribution in [2.45, 2.75) is 34.1 Å². The van der Waals surface area contributed by atoms with Crippen molar-refractivity contribution >= 4 is 5.91 Å². The normalized spacial score (nSPS) is 10.9. The Labute approximate surface area is 125 Å². The minimum atomic E-state index is -0.170. The van der Waals surface area contributed by atoms with Crippen molar-refractivity contribution in [3.05, 3.63) is 41.3 Å². The molecule has 1 amide bonds. The van der Waals surface area contributed by atoms with E-state index in [1.165, 1.54) is 0 Å². The van der Waals surface area contributed by atoms with Crippen molar-refractivity contribution in [2.75, 3.05) is 6.54 Å². The zero-order valence-electron chi connectivity index (χ0n) is 13.1. The van der Waals surface area contributed by atoms with Crippen molar-refractivity contribution in [3.8, 4) is 11.5 Å². The summed E-state index contributed by atoms with van der Waals surface area (Å²) in [6.07, 6.45) is 0.952. The molecule has 2 rings (SSSR count). The monoisotopic (exact) mass is 286 g/mol. The highest BCUT2D eigenvalue weighted by Gasteiger charge is 2.18. The number of carbonyl (C=O) groups is 1. The van der Waals surface area contributed by atoms with Crippen LogP contribution in [0.1, 0.15) is 42.1 Å². The zero-order chi connectivity index (χ0) is 15.4. The molecule has 1 aromatic heterocycles. The van der Waals surface area contributed by atoms with Crippen LogP contribution in [0, 0.1) is 19.8 Å². The molecule has 0 spiro atoms. The first-order valence-electron chi connectivity index (χ1n) is 7.30. The Balaban J connectivity index is 2.16. The van der Waals surface area contributed by atoms with Crippen molar-refractivity contribution < 1.29 is 9.21 Å². The van der Waals surface area contributed by atoms with Gasteiger partial charge < -0.3 is 9.73 Å². The molecule has 0 saturated carbocycles. The van der Waals surface area contributed by atoms with Crippen molar-refractivity contribution in [1.82, 2.24) is 10.3 Å². The summed E-state index contributed by atoms with van der Waals surface area (Å²) < 4.78 is 5.66. The highest BCUT2D eigenvalue weighted by Crippen LogP contribution is 2.24. The van der Waals surface area contributed by atoms with Gasteiger partial charge in [0, 0.05) is 12.1 Å². The third-order valence-corrected chi connectivity index (χ3v) is 3.39. The third kappa shape index (κ3) is 3.72. The predicted octanol–water partition coefficient (Wildman–Crippen LogP) is 3.73. The molecule has 1 heterocycles. The summed E-state index contributed by atoms with van der Waals surface area (Å²) in [5.74, 6) is 1.44. The number of rotatable bonds is 5. The largest absolute Gasteiger partial charge is 0.441 e. The fraction of sp³-hybridized carbons (Fsp3) is 0.412. The lowest BCUT2D eigenvalue weighted by Crippen LogP contribution is -2.26. The summed E-state index contributed by atoms with van der Waals surface area (Å²) in [6, 6.07) is 7.84. The molecule has 1 N–H and O–H groups in total. The van der Waals surface area contributed by atoms with Crippen molar-refractivity contribution in [3.63, 3.8) is 0 Å². The SMILES string of the molecule is Cc1ccccc1-c1nc(C(=O)NCCC(C)C)c(C)o1. The molecular formula is C17H22N2O2. The summed E-state index contributed by atoms with van der Waals surface area (Å²) in [5.41, 5.74) is 2.37. The standard InChI is InChI=1S/C17H22N2O2/c1-11(2)9-10-18-16(20)15-13(4)21-17(19-15)14-8-6-5-7-12(14)3/h5-8,11H,9-10H2,1-4H3,(H,18,20). The van der Waals surface area contributed by atoms with Gasteiger partial charge in [-0.2, -0.15) is 0 Å². The van der Waals surface area contributed by atoms with Crippen LogP contribution in [0.5, 0.6) is 0 Å². The van der Waals surface area contributed by atoms with Crippen LogP contribution < -0.4 is 5.32 Å². The van der Waals surface area contributed by atoms with E-state index in [4.69, 9.17) is 4.42 Å². The second-order valence-electron chi connectivity index (χ2n) is 5.68. The first-order chi connectivity index (χ1) is 9.99. The van der Waals surface area contributed by atoms with Gasteiger partial charge >= 0.3 is 0 Å². The van der Waals surface area contributed by atoms with Gasteiger partial charge in [0.25, 0.3) is 5.91 Å². The van der Waals surface area contributed by atoms with Gasteiger partial charge in [0.1, 0.15) is 5.76 Å². The Hall–Kier alpha value is -2.10. The highest BCUT2D eigenvalue weighted by molar-refractivity contribution is 5.93. The Morgan fingerprint density at radius 1 is 1.29 bits per heavy atom. The number of carbonyl (C=O) groups excluding carboxylic acids is 1. The number of hydrogen-bond donors (Lipinski definition) is 1. The number of nitrogens with one attached hydrogen (secondary N) is 1. The Kier molecular flexibility index (Phi) is 4.78. The lowest BCUT2D eigenvalue weighted by Gasteiger charge is -2.05. The van der Waals surface area contributed by atoms with E-state index in [9.17, 15) is 4.79 Å². The van der Waals surface area contributed by atoms with E-state index >= 15 is 0 Å². The van der Waals surface area contributed by atoms with Crippen molar-refractivity contribution in [2.24, 2.45) is 5.92 Å². The van der Waals surface area contributed by atoms with Gasteiger partial charge in [-0.25, -0.2) is 4.98 Å². The minimum absolute atomic E-state index is 0.170. The number of amides is 1. The van der Waals surface area contributed by atoms with E-state index in [0.29, 0.717) is 29.8 Å². The van der Waals surface area contributed by atoms with Gasteiger partial charge in [-0.1, -0.05) is 32.0 Å². The Morgan fingerprint density at radius 2 is 2.00 bits per heavy atom. The van der Waals surface area contributed by atoms with Gasteiger partial charge in [0.2, 0.25) is 5.89 Å². The number of oxazole rings is 1. The zero-order valence-corrected chi connectivity index (χ0v) is 13.1. The lowest BCUT2D eigenvalue weighted by atomic mass is 10.1. The van der Waals surface area contributed by atoms with Crippen LogP contribution in [0.25, 0.3) is 11.5 Å².